The maximum Gasteiger partial charge on any atom is 0.225 e. The van der Waals surface area contributed by atoms with Gasteiger partial charge in [-0.15, -0.1) is 11.3 Å². The average Bonchev–Trinajstić information content (AvgIpc) is 3.03. The number of likely N-dealkylation sites (tertiary alicyclic amines) is 1. The Kier molecular flexibility index (Phi) is 6.89. The number of carbonyl (C=O) groups is 1. The molecule has 2 saturated heterocycles. The van der Waals surface area contributed by atoms with E-state index in [1.165, 1.54) is 5.69 Å². The number of amides is 1. The zero-order valence-corrected chi connectivity index (χ0v) is 18.9. The first-order valence-corrected chi connectivity index (χ1v) is 11.8. The number of methoxy groups -OCH3 is 1. The van der Waals surface area contributed by atoms with Gasteiger partial charge in [-0.1, -0.05) is 0 Å². The highest BCUT2D eigenvalue weighted by Gasteiger charge is 2.29. The summed E-state index contributed by atoms with van der Waals surface area (Å²) in [5.41, 5.74) is 2.36. The molecule has 0 atom stereocenters. The highest BCUT2D eigenvalue weighted by molar-refractivity contribution is 7.09. The molecule has 0 bridgehead atoms. The minimum Gasteiger partial charge on any atom is -0.497 e. The van der Waals surface area contributed by atoms with Crippen molar-refractivity contribution >= 4 is 22.9 Å². The second-order valence-corrected chi connectivity index (χ2v) is 9.33. The number of anilines is 1. The SMILES string of the molecule is COc1ccc(N2CCCN(C(=O)C3CCN(Cc4csc(C)n4)CC3)CC2)cc1. The van der Waals surface area contributed by atoms with Crippen LogP contribution in [-0.2, 0) is 11.3 Å². The minimum absolute atomic E-state index is 0.172. The zero-order valence-electron chi connectivity index (χ0n) is 18.0. The van der Waals surface area contributed by atoms with Crippen molar-refractivity contribution in [2.24, 2.45) is 5.92 Å². The molecule has 2 aliphatic rings. The van der Waals surface area contributed by atoms with Crippen LogP contribution in [0.1, 0.15) is 30.0 Å². The maximum absolute atomic E-state index is 13.2. The summed E-state index contributed by atoms with van der Waals surface area (Å²) in [6.07, 6.45) is 2.93. The molecule has 0 spiro atoms. The van der Waals surface area contributed by atoms with Crippen molar-refractivity contribution in [2.45, 2.75) is 32.7 Å². The van der Waals surface area contributed by atoms with Crippen LogP contribution in [0, 0.1) is 12.8 Å². The number of thiazole rings is 1. The molecular weight excluding hydrogens is 396 g/mol. The Morgan fingerprint density at radius 1 is 1.10 bits per heavy atom. The Morgan fingerprint density at radius 2 is 1.87 bits per heavy atom. The Morgan fingerprint density at radius 3 is 2.53 bits per heavy atom. The Balaban J connectivity index is 1.26. The lowest BCUT2D eigenvalue weighted by Crippen LogP contribution is -2.43. The number of hydrogen-bond donors (Lipinski definition) is 0. The summed E-state index contributed by atoms with van der Waals surface area (Å²) in [7, 11) is 1.69. The molecule has 0 aliphatic carbocycles. The Labute approximate surface area is 183 Å². The smallest absolute Gasteiger partial charge is 0.225 e. The van der Waals surface area contributed by atoms with Crippen molar-refractivity contribution in [1.29, 1.82) is 0 Å². The van der Waals surface area contributed by atoms with Crippen LogP contribution >= 0.6 is 11.3 Å². The van der Waals surface area contributed by atoms with Crippen molar-refractivity contribution in [3.8, 4) is 5.75 Å². The molecule has 0 saturated carbocycles. The largest absolute Gasteiger partial charge is 0.497 e. The van der Waals surface area contributed by atoms with Gasteiger partial charge in [-0.2, -0.15) is 0 Å². The third-order valence-corrected chi connectivity index (χ3v) is 7.06. The molecule has 2 aliphatic heterocycles. The molecule has 1 aromatic heterocycles. The molecule has 6 nitrogen and oxygen atoms in total. The van der Waals surface area contributed by atoms with E-state index in [1.54, 1.807) is 18.4 Å². The summed E-state index contributed by atoms with van der Waals surface area (Å²) < 4.78 is 5.26. The van der Waals surface area contributed by atoms with Crippen molar-refractivity contribution in [3.63, 3.8) is 0 Å². The van der Waals surface area contributed by atoms with Gasteiger partial charge in [0, 0.05) is 49.7 Å². The molecule has 3 heterocycles. The zero-order chi connectivity index (χ0) is 20.9. The van der Waals surface area contributed by atoms with Crippen molar-refractivity contribution in [2.75, 3.05) is 51.3 Å². The average molecular weight is 429 g/mol. The lowest BCUT2D eigenvalue weighted by molar-refractivity contribution is -0.136. The number of ether oxygens (including phenoxy) is 1. The summed E-state index contributed by atoms with van der Waals surface area (Å²) >= 11 is 1.71. The van der Waals surface area contributed by atoms with Gasteiger partial charge in [-0.3, -0.25) is 9.69 Å². The van der Waals surface area contributed by atoms with Gasteiger partial charge >= 0.3 is 0 Å². The molecule has 1 amide bonds. The van der Waals surface area contributed by atoms with Crippen molar-refractivity contribution in [1.82, 2.24) is 14.8 Å². The number of aromatic nitrogens is 1. The molecule has 7 heteroatoms. The Hall–Kier alpha value is -2.12. The second kappa shape index (κ2) is 9.79. The van der Waals surface area contributed by atoms with Gasteiger partial charge in [0.05, 0.1) is 17.8 Å². The molecule has 2 aromatic rings. The molecule has 2 fully saturated rings. The molecule has 0 N–H and O–H groups in total. The number of piperidine rings is 1. The van der Waals surface area contributed by atoms with Gasteiger partial charge in [-0.25, -0.2) is 4.98 Å². The standard InChI is InChI=1S/C23H32N4O2S/c1-18-24-20(17-30-18)16-25-12-8-19(9-13-25)23(28)27-11-3-10-26(14-15-27)21-4-6-22(29-2)7-5-21/h4-7,17,19H,3,8-16H2,1-2H3. The first kappa shape index (κ1) is 21.1. The van der Waals surface area contributed by atoms with Gasteiger partial charge in [0.15, 0.2) is 0 Å². The number of nitrogens with zero attached hydrogens (tertiary/aromatic N) is 4. The summed E-state index contributed by atoms with van der Waals surface area (Å²) in [6, 6.07) is 8.22. The van der Waals surface area contributed by atoms with E-state index in [9.17, 15) is 4.79 Å². The molecular formula is C23H32N4O2S. The molecule has 0 unspecified atom stereocenters. The number of benzene rings is 1. The van der Waals surface area contributed by atoms with Crippen LogP contribution in [0.3, 0.4) is 0 Å². The fourth-order valence-electron chi connectivity index (χ4n) is 4.50. The number of carbonyl (C=O) groups excluding carboxylic acids is 1. The molecule has 0 radical (unpaired) electrons. The topological polar surface area (TPSA) is 48.9 Å². The lowest BCUT2D eigenvalue weighted by Gasteiger charge is -2.33. The maximum atomic E-state index is 13.2. The monoisotopic (exact) mass is 428 g/mol. The predicted molar refractivity (Wildman–Crippen MR) is 121 cm³/mol. The number of hydrogen-bond acceptors (Lipinski definition) is 6. The normalized spacial score (nSPS) is 19.0. The predicted octanol–water partition coefficient (Wildman–Crippen LogP) is 3.41. The number of aryl methyl sites for hydroxylation is 1. The van der Waals surface area contributed by atoms with E-state index in [1.807, 2.05) is 12.1 Å². The third-order valence-electron chi connectivity index (χ3n) is 6.23. The molecule has 1 aromatic carbocycles. The van der Waals surface area contributed by atoms with Crippen LogP contribution < -0.4 is 9.64 Å². The van der Waals surface area contributed by atoms with Crippen LogP contribution in [0.15, 0.2) is 29.6 Å². The summed E-state index contributed by atoms with van der Waals surface area (Å²) in [4.78, 5) is 24.7. The summed E-state index contributed by atoms with van der Waals surface area (Å²) in [6.45, 7) is 8.48. The highest BCUT2D eigenvalue weighted by atomic mass is 32.1. The fourth-order valence-corrected chi connectivity index (χ4v) is 5.10. The van der Waals surface area contributed by atoms with Gasteiger partial charge in [0.2, 0.25) is 5.91 Å². The van der Waals surface area contributed by atoms with Crippen molar-refractivity contribution in [3.05, 3.63) is 40.3 Å². The van der Waals surface area contributed by atoms with E-state index in [0.717, 1.165) is 81.5 Å². The van der Waals surface area contributed by atoms with E-state index in [0.29, 0.717) is 5.91 Å². The van der Waals surface area contributed by atoms with Crippen molar-refractivity contribution < 1.29 is 9.53 Å². The van der Waals surface area contributed by atoms with Gasteiger partial charge < -0.3 is 14.5 Å². The fraction of sp³-hybridized carbons (Fsp3) is 0.565. The second-order valence-electron chi connectivity index (χ2n) is 8.27. The summed E-state index contributed by atoms with van der Waals surface area (Å²) in [5.74, 6) is 1.41. The van der Waals surface area contributed by atoms with E-state index in [4.69, 9.17) is 4.74 Å². The Bertz CT molecular complexity index is 830. The minimum atomic E-state index is 0.172. The summed E-state index contributed by atoms with van der Waals surface area (Å²) in [5, 5.41) is 3.28. The lowest BCUT2D eigenvalue weighted by atomic mass is 9.95. The first-order chi connectivity index (χ1) is 14.6. The van der Waals surface area contributed by atoms with Crippen LogP contribution in [-0.4, -0.2) is 67.1 Å². The van der Waals surface area contributed by atoms with E-state index in [2.05, 4.69) is 44.1 Å². The van der Waals surface area contributed by atoms with Crippen LogP contribution in [0.25, 0.3) is 0 Å². The van der Waals surface area contributed by atoms with Gasteiger partial charge in [-0.05, 0) is 63.5 Å². The highest BCUT2D eigenvalue weighted by Crippen LogP contribution is 2.24. The third kappa shape index (κ3) is 5.13. The molecule has 162 valence electrons. The quantitative estimate of drug-likeness (QED) is 0.730. The first-order valence-electron chi connectivity index (χ1n) is 10.9. The van der Waals surface area contributed by atoms with Crippen LogP contribution in [0.5, 0.6) is 5.75 Å². The van der Waals surface area contributed by atoms with Gasteiger partial charge in [0.25, 0.3) is 0 Å². The van der Waals surface area contributed by atoms with E-state index in [-0.39, 0.29) is 5.92 Å². The van der Waals surface area contributed by atoms with Crippen LogP contribution in [0.2, 0.25) is 0 Å². The van der Waals surface area contributed by atoms with Crippen LogP contribution in [0.4, 0.5) is 5.69 Å². The number of rotatable bonds is 5. The van der Waals surface area contributed by atoms with Gasteiger partial charge in [0.1, 0.15) is 5.75 Å². The van der Waals surface area contributed by atoms with E-state index < -0.39 is 0 Å². The molecule has 30 heavy (non-hydrogen) atoms. The van der Waals surface area contributed by atoms with E-state index >= 15 is 0 Å². The molecule has 4 rings (SSSR count).